The molecule has 0 unspecified atom stereocenters. The van der Waals surface area contributed by atoms with Gasteiger partial charge in [-0.05, 0) is 12.1 Å². The monoisotopic (exact) mass is 437 g/mol. The lowest BCUT2D eigenvalue weighted by molar-refractivity contribution is 0.0991. The first kappa shape index (κ1) is 21.1. The maximum absolute atomic E-state index is 13.6. The van der Waals surface area contributed by atoms with Crippen LogP contribution in [0.5, 0.6) is 5.75 Å². The van der Waals surface area contributed by atoms with Crippen molar-refractivity contribution in [3.8, 4) is 5.75 Å². The van der Waals surface area contributed by atoms with Crippen LogP contribution in [0.2, 0.25) is 0 Å². The van der Waals surface area contributed by atoms with Gasteiger partial charge in [-0.1, -0.05) is 0 Å². The molecule has 1 N–H and O–H groups in total. The first-order valence-electron chi connectivity index (χ1n) is 7.79. The van der Waals surface area contributed by atoms with Crippen molar-refractivity contribution in [3.63, 3.8) is 0 Å². The Morgan fingerprint density at radius 3 is 1.83 bits per heavy atom. The molecule has 0 fully saturated rings. The predicted molar refractivity (Wildman–Crippen MR) is 83.5 cm³/mol. The molecule has 158 valence electrons. The van der Waals surface area contributed by atoms with Gasteiger partial charge in [-0.15, -0.1) is 0 Å². The van der Waals surface area contributed by atoms with E-state index in [9.17, 15) is 39.9 Å². The molecule has 0 spiro atoms. The molecule has 0 saturated carbocycles. The molecule has 12 heteroatoms. The summed E-state index contributed by atoms with van der Waals surface area (Å²) in [5.41, 5.74) is -1.41. The molecule has 0 radical (unpaired) electrons. The van der Waals surface area contributed by atoms with Crippen molar-refractivity contribution < 1.29 is 49.1 Å². The van der Waals surface area contributed by atoms with Crippen LogP contribution in [-0.4, -0.2) is 5.91 Å². The van der Waals surface area contributed by atoms with Crippen LogP contribution < -0.4 is 10.1 Å². The van der Waals surface area contributed by atoms with Gasteiger partial charge >= 0.3 is 0 Å². The van der Waals surface area contributed by atoms with Gasteiger partial charge in [0.15, 0.2) is 46.4 Å². The Morgan fingerprint density at radius 2 is 1.30 bits per heavy atom. The Labute approximate surface area is 161 Å². The molecule has 0 saturated heterocycles. The molecule has 0 aliphatic carbocycles. The molecular formula is C18H7F8NO3. The van der Waals surface area contributed by atoms with Gasteiger partial charge in [-0.3, -0.25) is 4.79 Å². The van der Waals surface area contributed by atoms with E-state index in [0.29, 0.717) is 0 Å². The number of anilines is 1. The second kappa shape index (κ2) is 8.05. The molecule has 30 heavy (non-hydrogen) atoms. The Balaban J connectivity index is 1.76. The molecule has 0 atom stereocenters. The highest BCUT2D eigenvalue weighted by atomic mass is 19.2. The van der Waals surface area contributed by atoms with E-state index in [1.807, 2.05) is 0 Å². The van der Waals surface area contributed by atoms with E-state index in [1.54, 1.807) is 5.32 Å². The Hall–Kier alpha value is -3.57. The lowest BCUT2D eigenvalue weighted by atomic mass is 10.2. The van der Waals surface area contributed by atoms with Crippen molar-refractivity contribution in [1.82, 2.24) is 0 Å². The number of amides is 1. The average Bonchev–Trinajstić information content (AvgIpc) is 3.17. The number of ether oxygens (including phenoxy) is 1. The fraction of sp³-hybridized carbons (Fsp3) is 0.0556. The summed E-state index contributed by atoms with van der Waals surface area (Å²) in [7, 11) is 0. The van der Waals surface area contributed by atoms with Gasteiger partial charge in [0.1, 0.15) is 18.1 Å². The smallest absolute Gasteiger partial charge is 0.291 e. The van der Waals surface area contributed by atoms with Crippen molar-refractivity contribution in [3.05, 3.63) is 82.3 Å². The van der Waals surface area contributed by atoms with Crippen molar-refractivity contribution in [2.75, 3.05) is 5.32 Å². The van der Waals surface area contributed by atoms with Gasteiger partial charge < -0.3 is 14.5 Å². The topological polar surface area (TPSA) is 51.5 Å². The van der Waals surface area contributed by atoms with E-state index in [2.05, 4.69) is 4.74 Å². The quantitative estimate of drug-likeness (QED) is 0.440. The molecular weight excluding hydrogens is 430 g/mol. The molecule has 1 heterocycles. The largest absolute Gasteiger partial charge is 0.479 e. The zero-order chi connectivity index (χ0) is 22.2. The van der Waals surface area contributed by atoms with Crippen LogP contribution in [-0.2, 0) is 6.61 Å². The van der Waals surface area contributed by atoms with E-state index in [1.165, 1.54) is 0 Å². The second-order valence-electron chi connectivity index (χ2n) is 5.65. The zero-order valence-corrected chi connectivity index (χ0v) is 14.3. The average molecular weight is 437 g/mol. The minimum absolute atomic E-state index is 0.0274. The SMILES string of the molecule is O=C(Nc1c(F)c(F)cc(F)c1F)c1ccc(COc2c(F)c(F)cc(F)c2F)o1. The predicted octanol–water partition coefficient (Wildman–Crippen LogP) is 5.22. The van der Waals surface area contributed by atoms with Crippen LogP contribution in [0.25, 0.3) is 0 Å². The van der Waals surface area contributed by atoms with E-state index in [4.69, 9.17) is 4.42 Å². The summed E-state index contributed by atoms with van der Waals surface area (Å²) in [6.45, 7) is -0.804. The molecule has 1 amide bonds. The Bertz CT molecular complexity index is 1090. The molecule has 1 aromatic heterocycles. The van der Waals surface area contributed by atoms with Crippen LogP contribution in [0.4, 0.5) is 40.8 Å². The number of halogens is 8. The number of hydrogen-bond donors (Lipinski definition) is 1. The lowest BCUT2D eigenvalue weighted by Crippen LogP contribution is -2.15. The number of carbonyl (C=O) groups is 1. The minimum Gasteiger partial charge on any atom is -0.479 e. The van der Waals surface area contributed by atoms with E-state index in [-0.39, 0.29) is 17.9 Å². The summed E-state index contributed by atoms with van der Waals surface area (Å²) < 4.78 is 116. The van der Waals surface area contributed by atoms with Crippen molar-refractivity contribution in [1.29, 1.82) is 0 Å². The van der Waals surface area contributed by atoms with Crippen LogP contribution in [0.1, 0.15) is 16.3 Å². The third-order valence-electron chi connectivity index (χ3n) is 3.67. The van der Waals surface area contributed by atoms with Crippen molar-refractivity contribution in [2.24, 2.45) is 0 Å². The number of benzene rings is 2. The Morgan fingerprint density at radius 1 is 0.800 bits per heavy atom. The number of carbonyl (C=O) groups excluding carboxylic acids is 1. The first-order chi connectivity index (χ1) is 14.1. The number of furan rings is 1. The lowest BCUT2D eigenvalue weighted by Gasteiger charge is -2.08. The third kappa shape index (κ3) is 3.93. The second-order valence-corrected chi connectivity index (χ2v) is 5.65. The summed E-state index contributed by atoms with van der Waals surface area (Å²) in [6, 6.07) is 1.87. The fourth-order valence-corrected chi connectivity index (χ4v) is 2.26. The molecule has 0 aliphatic heterocycles. The van der Waals surface area contributed by atoms with E-state index < -0.39 is 76.2 Å². The molecule has 2 aromatic carbocycles. The summed E-state index contributed by atoms with van der Waals surface area (Å²) in [5.74, 6) is -17.9. The molecule has 3 aromatic rings. The third-order valence-corrected chi connectivity index (χ3v) is 3.67. The van der Waals surface area contributed by atoms with Crippen LogP contribution in [0.15, 0.2) is 28.7 Å². The van der Waals surface area contributed by atoms with Gasteiger partial charge in [0, 0.05) is 12.1 Å². The van der Waals surface area contributed by atoms with Gasteiger partial charge in [0.25, 0.3) is 5.91 Å². The fourth-order valence-electron chi connectivity index (χ4n) is 2.26. The summed E-state index contributed by atoms with van der Waals surface area (Å²) in [5, 5.41) is 1.57. The van der Waals surface area contributed by atoms with Gasteiger partial charge in [0.05, 0.1) is 0 Å². The van der Waals surface area contributed by atoms with Crippen molar-refractivity contribution >= 4 is 11.6 Å². The first-order valence-corrected chi connectivity index (χ1v) is 7.79. The standard InChI is InChI=1S/C18H7F8NO3/c19-7-3-8(20)13(24)16(12(7)23)27-18(28)11-2-1-6(30-11)5-29-17-14(25)9(21)4-10(22)15(17)26/h1-4H,5H2,(H,27,28). The summed E-state index contributed by atoms with van der Waals surface area (Å²) >= 11 is 0. The highest BCUT2D eigenvalue weighted by molar-refractivity contribution is 6.02. The number of hydrogen-bond acceptors (Lipinski definition) is 3. The highest BCUT2D eigenvalue weighted by Crippen LogP contribution is 2.28. The van der Waals surface area contributed by atoms with E-state index >= 15 is 0 Å². The minimum atomic E-state index is -1.86. The van der Waals surface area contributed by atoms with Crippen LogP contribution in [0.3, 0.4) is 0 Å². The highest BCUT2D eigenvalue weighted by Gasteiger charge is 2.24. The summed E-state index contributed by atoms with van der Waals surface area (Å²) in [6.07, 6.45) is 0. The number of nitrogens with one attached hydrogen (secondary N) is 1. The van der Waals surface area contributed by atoms with E-state index in [0.717, 1.165) is 12.1 Å². The zero-order valence-electron chi connectivity index (χ0n) is 14.3. The maximum Gasteiger partial charge on any atom is 0.291 e. The van der Waals surface area contributed by atoms with Gasteiger partial charge in [-0.25, -0.2) is 26.3 Å². The van der Waals surface area contributed by atoms with Gasteiger partial charge in [-0.2, -0.15) is 8.78 Å². The molecule has 4 nitrogen and oxygen atoms in total. The molecule has 0 bridgehead atoms. The summed E-state index contributed by atoms with van der Waals surface area (Å²) in [4.78, 5) is 12.0. The molecule has 0 aliphatic rings. The van der Waals surface area contributed by atoms with Crippen LogP contribution in [0, 0.1) is 46.5 Å². The van der Waals surface area contributed by atoms with Crippen LogP contribution >= 0.6 is 0 Å². The van der Waals surface area contributed by atoms with Gasteiger partial charge in [0.2, 0.25) is 11.6 Å². The molecule has 3 rings (SSSR count). The maximum atomic E-state index is 13.6. The number of rotatable bonds is 5. The Kier molecular flexibility index (Phi) is 5.67. The normalized spacial score (nSPS) is 10.9. The van der Waals surface area contributed by atoms with Crippen molar-refractivity contribution in [2.45, 2.75) is 6.61 Å².